The van der Waals surface area contributed by atoms with Gasteiger partial charge in [0.15, 0.2) is 17.5 Å². The summed E-state index contributed by atoms with van der Waals surface area (Å²) in [6, 6.07) is 44.7. The van der Waals surface area contributed by atoms with Crippen LogP contribution in [0.5, 0.6) is 0 Å². The van der Waals surface area contributed by atoms with Gasteiger partial charge < -0.3 is 0 Å². The Morgan fingerprint density at radius 1 is 0.341 bits per heavy atom. The number of fused-ring (bicyclic) bond motifs is 5. The highest BCUT2D eigenvalue weighted by Crippen LogP contribution is 2.32. The molecule has 5 heteroatoms. The van der Waals surface area contributed by atoms with Crippen LogP contribution < -0.4 is 0 Å². The molecule has 0 unspecified atom stereocenters. The standard InChI is InChI=1S/C39H23N5/c1-3-7-26-17-33-19-30(11-9-28(33)15-24(26)5-1)37-42-38(44-39(43-37)32-13-14-36-35(21-32)22-40-23-41-36)31-12-10-29-16-25-6-2-4-8-27(25)18-34(29)20-31/h1-23H. The van der Waals surface area contributed by atoms with Crippen molar-refractivity contribution in [3.8, 4) is 34.2 Å². The van der Waals surface area contributed by atoms with Crippen molar-refractivity contribution < 1.29 is 0 Å². The third kappa shape index (κ3) is 4.22. The smallest absolute Gasteiger partial charge is 0.164 e. The quantitative estimate of drug-likeness (QED) is 0.201. The summed E-state index contributed by atoms with van der Waals surface area (Å²) in [5.74, 6) is 1.86. The van der Waals surface area contributed by atoms with Crippen LogP contribution >= 0.6 is 0 Å². The maximum Gasteiger partial charge on any atom is 0.164 e. The molecule has 0 amide bonds. The molecule has 0 saturated carbocycles. The zero-order chi connectivity index (χ0) is 29.0. The number of benzene rings is 7. The van der Waals surface area contributed by atoms with E-state index in [0.29, 0.717) is 17.5 Å². The van der Waals surface area contributed by atoms with Crippen LogP contribution in [0.15, 0.2) is 140 Å². The molecule has 204 valence electrons. The number of rotatable bonds is 3. The molecule has 0 aliphatic heterocycles. The van der Waals surface area contributed by atoms with Crippen LogP contribution in [0.2, 0.25) is 0 Å². The second kappa shape index (κ2) is 9.75. The average Bonchev–Trinajstić information content (AvgIpc) is 3.09. The zero-order valence-electron chi connectivity index (χ0n) is 23.5. The van der Waals surface area contributed by atoms with Crippen LogP contribution in [-0.4, -0.2) is 24.9 Å². The summed E-state index contributed by atoms with van der Waals surface area (Å²) in [5.41, 5.74) is 3.64. The zero-order valence-corrected chi connectivity index (χ0v) is 23.5. The fourth-order valence-corrected chi connectivity index (χ4v) is 6.05. The van der Waals surface area contributed by atoms with Gasteiger partial charge in [-0.05, 0) is 97.7 Å². The average molecular weight is 562 g/mol. The molecule has 2 heterocycles. The third-order valence-corrected chi connectivity index (χ3v) is 8.32. The van der Waals surface area contributed by atoms with E-state index in [1.54, 1.807) is 6.33 Å². The second-order valence-electron chi connectivity index (χ2n) is 11.1. The Kier molecular flexibility index (Phi) is 5.43. The molecule has 0 fully saturated rings. The monoisotopic (exact) mass is 561 g/mol. The Morgan fingerprint density at radius 3 is 1.25 bits per heavy atom. The molecule has 0 saturated heterocycles. The van der Waals surface area contributed by atoms with Gasteiger partial charge in [-0.25, -0.2) is 24.9 Å². The molecule has 0 aliphatic rings. The van der Waals surface area contributed by atoms with Crippen molar-refractivity contribution in [3.63, 3.8) is 0 Å². The Hall–Kier alpha value is -6.07. The fraction of sp³-hybridized carbons (Fsp3) is 0. The lowest BCUT2D eigenvalue weighted by molar-refractivity contribution is 1.08. The summed E-state index contributed by atoms with van der Waals surface area (Å²) in [6.07, 6.45) is 3.38. The summed E-state index contributed by atoms with van der Waals surface area (Å²) < 4.78 is 0. The lowest BCUT2D eigenvalue weighted by Gasteiger charge is -2.11. The summed E-state index contributed by atoms with van der Waals surface area (Å²) in [4.78, 5) is 23.7. The maximum absolute atomic E-state index is 5.05. The van der Waals surface area contributed by atoms with E-state index in [-0.39, 0.29) is 0 Å². The Bertz CT molecular complexity index is 2440. The highest BCUT2D eigenvalue weighted by atomic mass is 15.0. The number of aromatic nitrogens is 5. The van der Waals surface area contributed by atoms with Gasteiger partial charge in [-0.15, -0.1) is 0 Å². The molecule has 2 aromatic heterocycles. The summed E-state index contributed by atoms with van der Waals surface area (Å²) in [6.45, 7) is 0. The van der Waals surface area contributed by atoms with Gasteiger partial charge in [0.25, 0.3) is 0 Å². The fourth-order valence-electron chi connectivity index (χ4n) is 6.05. The SMILES string of the molecule is c1ccc2cc3cc(-c4nc(-c5ccc6cc7ccccc7cc6c5)nc(-c5ccc6ncncc6c5)n4)ccc3cc2c1. The molecule has 0 spiro atoms. The molecular formula is C39H23N5. The van der Waals surface area contributed by atoms with Gasteiger partial charge in [0, 0.05) is 28.3 Å². The third-order valence-electron chi connectivity index (χ3n) is 8.32. The van der Waals surface area contributed by atoms with Gasteiger partial charge in [0.05, 0.1) is 5.52 Å². The minimum Gasteiger partial charge on any atom is -0.244 e. The Balaban J connectivity index is 1.24. The second-order valence-corrected chi connectivity index (χ2v) is 11.1. The lowest BCUT2D eigenvalue weighted by Crippen LogP contribution is -2.00. The lowest BCUT2D eigenvalue weighted by atomic mass is 10.0. The molecule has 0 N–H and O–H groups in total. The van der Waals surface area contributed by atoms with Crippen molar-refractivity contribution in [1.82, 2.24) is 24.9 Å². The van der Waals surface area contributed by atoms with Gasteiger partial charge in [0.1, 0.15) is 6.33 Å². The normalized spacial score (nSPS) is 11.6. The Morgan fingerprint density at radius 2 is 0.750 bits per heavy atom. The van der Waals surface area contributed by atoms with Crippen molar-refractivity contribution >= 4 is 54.0 Å². The van der Waals surface area contributed by atoms with E-state index in [2.05, 4.69) is 119 Å². The van der Waals surface area contributed by atoms with Crippen LogP contribution in [0.25, 0.3) is 88.2 Å². The summed E-state index contributed by atoms with van der Waals surface area (Å²) in [5, 5.41) is 10.4. The van der Waals surface area contributed by atoms with E-state index in [1.807, 2.05) is 24.4 Å². The molecule has 44 heavy (non-hydrogen) atoms. The number of nitrogens with zero attached hydrogens (tertiary/aromatic N) is 5. The molecule has 0 bridgehead atoms. The van der Waals surface area contributed by atoms with Gasteiger partial charge in [-0.2, -0.15) is 0 Å². The van der Waals surface area contributed by atoms with E-state index < -0.39 is 0 Å². The van der Waals surface area contributed by atoms with Crippen molar-refractivity contribution in [2.24, 2.45) is 0 Å². The van der Waals surface area contributed by atoms with Crippen LogP contribution in [0.1, 0.15) is 0 Å². The van der Waals surface area contributed by atoms with Crippen LogP contribution in [0, 0.1) is 0 Å². The number of hydrogen-bond donors (Lipinski definition) is 0. The van der Waals surface area contributed by atoms with Gasteiger partial charge >= 0.3 is 0 Å². The molecule has 9 aromatic rings. The van der Waals surface area contributed by atoms with E-state index in [1.165, 1.54) is 32.3 Å². The van der Waals surface area contributed by atoms with E-state index in [0.717, 1.165) is 38.4 Å². The predicted molar refractivity (Wildman–Crippen MR) is 179 cm³/mol. The van der Waals surface area contributed by atoms with Crippen molar-refractivity contribution in [2.45, 2.75) is 0 Å². The van der Waals surface area contributed by atoms with Crippen molar-refractivity contribution in [2.75, 3.05) is 0 Å². The topological polar surface area (TPSA) is 64.5 Å². The van der Waals surface area contributed by atoms with Gasteiger partial charge in [-0.3, -0.25) is 0 Å². The van der Waals surface area contributed by atoms with E-state index in [9.17, 15) is 0 Å². The Labute approximate surface area is 252 Å². The van der Waals surface area contributed by atoms with Crippen LogP contribution in [0.3, 0.4) is 0 Å². The first-order chi connectivity index (χ1) is 21.7. The van der Waals surface area contributed by atoms with E-state index in [4.69, 9.17) is 15.0 Å². The summed E-state index contributed by atoms with van der Waals surface area (Å²) >= 11 is 0. The first-order valence-electron chi connectivity index (χ1n) is 14.6. The minimum absolute atomic E-state index is 0.605. The molecule has 5 nitrogen and oxygen atoms in total. The molecular weight excluding hydrogens is 538 g/mol. The first-order valence-corrected chi connectivity index (χ1v) is 14.6. The largest absolute Gasteiger partial charge is 0.244 e. The summed E-state index contributed by atoms with van der Waals surface area (Å²) in [7, 11) is 0. The minimum atomic E-state index is 0.605. The molecule has 0 aliphatic carbocycles. The van der Waals surface area contributed by atoms with Crippen molar-refractivity contribution in [3.05, 3.63) is 140 Å². The van der Waals surface area contributed by atoms with Crippen LogP contribution in [0.4, 0.5) is 0 Å². The molecule has 0 atom stereocenters. The molecule has 0 radical (unpaired) electrons. The molecule has 9 rings (SSSR count). The van der Waals surface area contributed by atoms with Gasteiger partial charge in [0.2, 0.25) is 0 Å². The highest BCUT2D eigenvalue weighted by Gasteiger charge is 2.14. The predicted octanol–water partition coefficient (Wildman–Crippen LogP) is 9.43. The highest BCUT2D eigenvalue weighted by molar-refractivity contribution is 6.01. The number of hydrogen-bond acceptors (Lipinski definition) is 5. The molecule has 7 aromatic carbocycles. The maximum atomic E-state index is 5.05. The van der Waals surface area contributed by atoms with Gasteiger partial charge in [-0.1, -0.05) is 72.8 Å². The first kappa shape index (κ1) is 24.5. The van der Waals surface area contributed by atoms with E-state index >= 15 is 0 Å². The van der Waals surface area contributed by atoms with Crippen molar-refractivity contribution in [1.29, 1.82) is 0 Å². The van der Waals surface area contributed by atoms with Crippen LogP contribution in [-0.2, 0) is 0 Å².